The topological polar surface area (TPSA) is 60.2 Å². The van der Waals surface area contributed by atoms with E-state index in [-0.39, 0.29) is 12.0 Å². The molecule has 0 heterocycles. The Morgan fingerprint density at radius 3 is 1.81 bits per heavy atom. The van der Waals surface area contributed by atoms with Gasteiger partial charge in [0.15, 0.2) is 9.84 Å². The SMILES string of the molecule is CCCC1(CCC)CC(CN)(S(C)(=O)=O)C1. The first-order valence-corrected chi connectivity index (χ1v) is 8.13. The molecule has 0 amide bonds. The predicted molar refractivity (Wildman–Crippen MR) is 68.1 cm³/mol. The minimum atomic E-state index is -3.01. The summed E-state index contributed by atoms with van der Waals surface area (Å²) in [5.74, 6) is 0. The maximum Gasteiger partial charge on any atom is 0.154 e. The van der Waals surface area contributed by atoms with Crippen LogP contribution >= 0.6 is 0 Å². The molecule has 0 atom stereocenters. The molecule has 16 heavy (non-hydrogen) atoms. The van der Waals surface area contributed by atoms with E-state index < -0.39 is 14.6 Å². The average Bonchev–Trinajstić information content (AvgIpc) is 2.11. The average molecular weight is 247 g/mol. The summed E-state index contributed by atoms with van der Waals surface area (Å²) in [6.45, 7) is 4.61. The van der Waals surface area contributed by atoms with Crippen molar-refractivity contribution in [2.75, 3.05) is 12.8 Å². The van der Waals surface area contributed by atoms with Gasteiger partial charge in [-0.05, 0) is 31.1 Å². The molecular weight excluding hydrogens is 222 g/mol. The van der Waals surface area contributed by atoms with Gasteiger partial charge in [-0.15, -0.1) is 0 Å². The second-order valence-corrected chi connectivity index (χ2v) is 7.92. The third-order valence-electron chi connectivity index (χ3n) is 4.11. The summed E-state index contributed by atoms with van der Waals surface area (Å²) < 4.78 is 23.0. The lowest BCUT2D eigenvalue weighted by Crippen LogP contribution is -2.60. The lowest BCUT2D eigenvalue weighted by Gasteiger charge is -2.55. The van der Waals surface area contributed by atoms with Gasteiger partial charge in [0.25, 0.3) is 0 Å². The van der Waals surface area contributed by atoms with E-state index in [1.54, 1.807) is 0 Å². The van der Waals surface area contributed by atoms with Crippen molar-refractivity contribution in [3.63, 3.8) is 0 Å². The molecular formula is C12H25NO2S. The Kier molecular flexibility index (Phi) is 4.06. The van der Waals surface area contributed by atoms with Gasteiger partial charge in [-0.3, -0.25) is 0 Å². The Hall–Kier alpha value is -0.0900. The fraction of sp³-hybridized carbons (Fsp3) is 1.00. The highest BCUT2D eigenvalue weighted by atomic mass is 32.2. The monoisotopic (exact) mass is 247 g/mol. The molecule has 3 nitrogen and oxygen atoms in total. The zero-order valence-corrected chi connectivity index (χ0v) is 11.6. The van der Waals surface area contributed by atoms with Gasteiger partial charge >= 0.3 is 0 Å². The predicted octanol–water partition coefficient (Wildman–Crippen LogP) is 2.11. The number of hydrogen-bond donors (Lipinski definition) is 1. The summed E-state index contributed by atoms with van der Waals surface area (Å²) in [5, 5.41) is 0. The van der Waals surface area contributed by atoms with Gasteiger partial charge in [-0.1, -0.05) is 26.7 Å². The molecule has 0 aromatic carbocycles. The molecule has 0 aromatic rings. The van der Waals surface area contributed by atoms with Gasteiger partial charge in [0.1, 0.15) is 0 Å². The minimum Gasteiger partial charge on any atom is -0.329 e. The van der Waals surface area contributed by atoms with Crippen LogP contribution in [0.25, 0.3) is 0 Å². The summed E-state index contributed by atoms with van der Waals surface area (Å²) in [5.41, 5.74) is 5.95. The zero-order chi connectivity index (χ0) is 12.4. The molecule has 0 unspecified atom stereocenters. The van der Waals surface area contributed by atoms with Crippen molar-refractivity contribution in [2.24, 2.45) is 11.1 Å². The van der Waals surface area contributed by atoms with Crippen LogP contribution < -0.4 is 5.73 Å². The van der Waals surface area contributed by atoms with Crippen LogP contribution in [0.5, 0.6) is 0 Å². The Bertz CT molecular complexity index is 321. The van der Waals surface area contributed by atoms with Crippen LogP contribution in [0, 0.1) is 5.41 Å². The lowest BCUT2D eigenvalue weighted by atomic mass is 9.57. The molecule has 0 saturated heterocycles. The summed E-state index contributed by atoms with van der Waals surface area (Å²) in [6, 6.07) is 0. The highest BCUT2D eigenvalue weighted by Gasteiger charge is 2.58. The van der Waals surface area contributed by atoms with E-state index in [0.29, 0.717) is 0 Å². The molecule has 1 rings (SSSR count). The van der Waals surface area contributed by atoms with E-state index in [1.807, 2.05) is 0 Å². The van der Waals surface area contributed by atoms with E-state index in [4.69, 9.17) is 5.73 Å². The van der Waals surface area contributed by atoms with Crippen LogP contribution in [0.3, 0.4) is 0 Å². The van der Waals surface area contributed by atoms with Crippen molar-refractivity contribution < 1.29 is 8.42 Å². The standard InChI is InChI=1S/C12H25NO2S/c1-4-6-11(7-5-2)8-12(9-11,10-13)16(3,14)15/h4-10,13H2,1-3H3. The summed E-state index contributed by atoms with van der Waals surface area (Å²) in [4.78, 5) is 0. The second kappa shape index (κ2) is 4.65. The van der Waals surface area contributed by atoms with Crippen molar-refractivity contribution >= 4 is 9.84 Å². The highest BCUT2D eigenvalue weighted by molar-refractivity contribution is 7.92. The molecule has 0 bridgehead atoms. The maximum absolute atomic E-state index is 11.8. The van der Waals surface area contributed by atoms with E-state index >= 15 is 0 Å². The molecule has 1 aliphatic rings. The van der Waals surface area contributed by atoms with Crippen molar-refractivity contribution in [1.29, 1.82) is 0 Å². The molecule has 2 N–H and O–H groups in total. The Labute approximate surface area is 99.7 Å². The summed E-state index contributed by atoms with van der Waals surface area (Å²) in [6.07, 6.45) is 7.42. The van der Waals surface area contributed by atoms with Gasteiger partial charge in [0, 0.05) is 12.8 Å². The van der Waals surface area contributed by atoms with Crippen LogP contribution in [0.2, 0.25) is 0 Å². The molecule has 0 aromatic heterocycles. The van der Waals surface area contributed by atoms with E-state index in [1.165, 1.54) is 6.26 Å². The molecule has 0 radical (unpaired) electrons. The fourth-order valence-corrected chi connectivity index (χ4v) is 4.85. The molecule has 0 spiro atoms. The van der Waals surface area contributed by atoms with Crippen molar-refractivity contribution in [2.45, 2.75) is 57.1 Å². The van der Waals surface area contributed by atoms with Gasteiger partial charge in [-0.25, -0.2) is 8.42 Å². The van der Waals surface area contributed by atoms with Gasteiger partial charge < -0.3 is 5.73 Å². The van der Waals surface area contributed by atoms with E-state index in [2.05, 4.69) is 13.8 Å². The van der Waals surface area contributed by atoms with Gasteiger partial charge in [0.2, 0.25) is 0 Å². The summed E-state index contributed by atoms with van der Waals surface area (Å²) >= 11 is 0. The number of sulfone groups is 1. The molecule has 4 heteroatoms. The summed E-state index contributed by atoms with van der Waals surface area (Å²) in [7, 11) is -3.01. The third kappa shape index (κ3) is 2.28. The third-order valence-corrected chi connectivity index (χ3v) is 6.14. The zero-order valence-electron chi connectivity index (χ0n) is 10.8. The first kappa shape index (κ1) is 14.0. The lowest BCUT2D eigenvalue weighted by molar-refractivity contribution is 0.0560. The van der Waals surface area contributed by atoms with Crippen molar-refractivity contribution in [3.05, 3.63) is 0 Å². The van der Waals surface area contributed by atoms with Crippen LogP contribution in [0.1, 0.15) is 52.4 Å². The van der Waals surface area contributed by atoms with E-state index in [9.17, 15) is 8.42 Å². The molecule has 1 aliphatic carbocycles. The molecule has 96 valence electrons. The molecule has 1 saturated carbocycles. The van der Waals surface area contributed by atoms with Crippen LogP contribution in [0.15, 0.2) is 0 Å². The van der Waals surface area contributed by atoms with Crippen LogP contribution in [-0.4, -0.2) is 26.0 Å². The molecule has 1 fully saturated rings. The van der Waals surface area contributed by atoms with Crippen molar-refractivity contribution in [3.8, 4) is 0 Å². The number of nitrogens with two attached hydrogens (primary N) is 1. The number of rotatable bonds is 6. The minimum absolute atomic E-state index is 0.256. The van der Waals surface area contributed by atoms with Crippen LogP contribution in [0.4, 0.5) is 0 Å². The largest absolute Gasteiger partial charge is 0.329 e. The quantitative estimate of drug-likeness (QED) is 0.782. The second-order valence-electron chi connectivity index (χ2n) is 5.51. The van der Waals surface area contributed by atoms with Gasteiger partial charge in [0.05, 0.1) is 4.75 Å². The Morgan fingerprint density at radius 1 is 1.12 bits per heavy atom. The Balaban J connectivity index is 2.81. The van der Waals surface area contributed by atoms with E-state index in [0.717, 1.165) is 38.5 Å². The Morgan fingerprint density at radius 2 is 1.56 bits per heavy atom. The van der Waals surface area contributed by atoms with Crippen molar-refractivity contribution in [1.82, 2.24) is 0 Å². The smallest absolute Gasteiger partial charge is 0.154 e. The normalized spacial score (nSPS) is 22.8. The van der Waals surface area contributed by atoms with Gasteiger partial charge in [-0.2, -0.15) is 0 Å². The first-order valence-electron chi connectivity index (χ1n) is 6.24. The maximum atomic E-state index is 11.8. The highest BCUT2D eigenvalue weighted by Crippen LogP contribution is 2.57. The fourth-order valence-electron chi connectivity index (χ4n) is 3.41. The number of hydrogen-bond acceptors (Lipinski definition) is 3. The van der Waals surface area contributed by atoms with Crippen LogP contribution in [-0.2, 0) is 9.84 Å². The molecule has 0 aliphatic heterocycles. The first-order chi connectivity index (χ1) is 7.35.